The third-order valence-electron chi connectivity index (χ3n) is 5.16. The summed E-state index contributed by atoms with van der Waals surface area (Å²) in [5.41, 5.74) is 2.98. The van der Waals surface area contributed by atoms with Crippen LogP contribution < -0.4 is 29.7 Å². The molecule has 0 fully saturated rings. The van der Waals surface area contributed by atoms with Gasteiger partial charge in [0.25, 0.3) is 0 Å². The van der Waals surface area contributed by atoms with Crippen molar-refractivity contribution in [1.29, 1.82) is 0 Å². The van der Waals surface area contributed by atoms with Gasteiger partial charge in [-0.15, -0.1) is 0 Å². The molecule has 164 valence electrons. The van der Waals surface area contributed by atoms with Crippen molar-refractivity contribution in [3.05, 3.63) is 71.1 Å². The van der Waals surface area contributed by atoms with E-state index in [1.54, 1.807) is 64.8 Å². The van der Waals surface area contributed by atoms with Crippen molar-refractivity contribution in [3.8, 4) is 34.1 Å². The molecule has 0 saturated carbocycles. The maximum Gasteiger partial charge on any atom is 0.200 e. The molecule has 4 aromatic rings. The van der Waals surface area contributed by atoms with E-state index >= 15 is 0 Å². The average molecular weight is 433 g/mol. The van der Waals surface area contributed by atoms with Crippen molar-refractivity contribution in [3.63, 3.8) is 0 Å². The summed E-state index contributed by atoms with van der Waals surface area (Å²) in [7, 11) is 6.31. The molecule has 32 heavy (non-hydrogen) atoms. The van der Waals surface area contributed by atoms with Crippen LogP contribution >= 0.6 is 0 Å². The van der Waals surface area contributed by atoms with E-state index in [-0.39, 0.29) is 5.43 Å². The van der Waals surface area contributed by atoms with Crippen LogP contribution in [0.25, 0.3) is 22.1 Å². The monoisotopic (exact) mass is 433 g/mol. The van der Waals surface area contributed by atoms with Crippen LogP contribution in [0.4, 0.5) is 11.4 Å². The highest BCUT2D eigenvalue weighted by atomic mass is 16.5. The van der Waals surface area contributed by atoms with Crippen molar-refractivity contribution in [2.45, 2.75) is 0 Å². The van der Waals surface area contributed by atoms with Crippen molar-refractivity contribution >= 4 is 22.3 Å². The predicted molar refractivity (Wildman–Crippen MR) is 124 cm³/mol. The standard InChI is InChI=1S/C25H23NO6/c1-28-17-7-9-20(23(13-17)30-3)26-16-6-8-18-22(12-16)32-14-19(25(18)27)15-5-10-21(29-2)24(11-15)31-4/h5-14,26H,1-4H3. The number of hydrogen-bond donors (Lipinski definition) is 1. The van der Waals surface area contributed by atoms with Crippen molar-refractivity contribution in [2.24, 2.45) is 0 Å². The molecule has 7 heteroatoms. The van der Waals surface area contributed by atoms with E-state index in [1.165, 1.54) is 6.26 Å². The summed E-state index contributed by atoms with van der Waals surface area (Å²) in [6, 6.07) is 16.1. The molecule has 3 aromatic carbocycles. The molecule has 0 amide bonds. The first-order valence-corrected chi connectivity index (χ1v) is 9.85. The molecule has 0 bridgehead atoms. The molecule has 0 aliphatic carbocycles. The Hall–Kier alpha value is -4.13. The van der Waals surface area contributed by atoms with Gasteiger partial charge in [0.2, 0.25) is 0 Å². The quantitative estimate of drug-likeness (QED) is 0.427. The number of benzene rings is 3. The molecule has 1 heterocycles. The number of anilines is 2. The normalized spacial score (nSPS) is 10.6. The maximum atomic E-state index is 13.1. The molecule has 0 atom stereocenters. The largest absolute Gasteiger partial charge is 0.497 e. The highest BCUT2D eigenvalue weighted by molar-refractivity contribution is 5.85. The van der Waals surface area contributed by atoms with Crippen molar-refractivity contribution < 1.29 is 23.4 Å². The summed E-state index contributed by atoms with van der Waals surface area (Å²) >= 11 is 0. The van der Waals surface area contributed by atoms with E-state index in [0.717, 1.165) is 11.4 Å². The zero-order valence-electron chi connectivity index (χ0n) is 18.2. The van der Waals surface area contributed by atoms with Crippen molar-refractivity contribution in [2.75, 3.05) is 33.8 Å². The highest BCUT2D eigenvalue weighted by Crippen LogP contribution is 2.34. The van der Waals surface area contributed by atoms with Crippen LogP contribution in [0.1, 0.15) is 0 Å². The van der Waals surface area contributed by atoms with Crippen LogP contribution in [0.3, 0.4) is 0 Å². The fourth-order valence-electron chi connectivity index (χ4n) is 3.47. The SMILES string of the molecule is COc1ccc(Nc2ccc3c(=O)c(-c4ccc(OC)c(OC)c4)coc3c2)c(OC)c1. The highest BCUT2D eigenvalue weighted by Gasteiger charge is 2.13. The molecular weight excluding hydrogens is 410 g/mol. The zero-order chi connectivity index (χ0) is 22.7. The molecule has 0 saturated heterocycles. The van der Waals surface area contributed by atoms with E-state index < -0.39 is 0 Å². The van der Waals surface area contributed by atoms with E-state index in [0.29, 0.717) is 45.1 Å². The minimum absolute atomic E-state index is 0.132. The Bertz CT molecular complexity index is 1330. The summed E-state index contributed by atoms with van der Waals surface area (Å²) in [6.45, 7) is 0. The van der Waals surface area contributed by atoms with E-state index in [4.69, 9.17) is 23.4 Å². The molecule has 1 N–H and O–H groups in total. The van der Waals surface area contributed by atoms with Crippen LogP contribution in [0.5, 0.6) is 23.0 Å². The lowest BCUT2D eigenvalue weighted by atomic mass is 10.0. The summed E-state index contributed by atoms with van der Waals surface area (Å²) in [6.07, 6.45) is 1.46. The van der Waals surface area contributed by atoms with Gasteiger partial charge in [-0.05, 0) is 42.0 Å². The van der Waals surface area contributed by atoms with Crippen LogP contribution in [-0.4, -0.2) is 28.4 Å². The Morgan fingerprint density at radius 1 is 0.750 bits per heavy atom. The van der Waals surface area contributed by atoms with Crippen LogP contribution in [0.15, 0.2) is 70.1 Å². The third-order valence-corrected chi connectivity index (χ3v) is 5.16. The van der Waals surface area contributed by atoms with Gasteiger partial charge >= 0.3 is 0 Å². The van der Waals surface area contributed by atoms with Gasteiger partial charge in [0.05, 0.1) is 45.1 Å². The second-order valence-corrected chi connectivity index (χ2v) is 6.95. The molecule has 0 spiro atoms. The third kappa shape index (κ3) is 3.92. The molecule has 0 radical (unpaired) electrons. The summed E-state index contributed by atoms with van der Waals surface area (Å²) in [5.74, 6) is 2.46. The van der Waals surface area contributed by atoms with Crippen molar-refractivity contribution in [1.82, 2.24) is 0 Å². The number of fused-ring (bicyclic) bond motifs is 1. The lowest BCUT2D eigenvalue weighted by Gasteiger charge is -2.13. The van der Waals surface area contributed by atoms with Gasteiger partial charge in [0, 0.05) is 17.8 Å². The molecule has 1 aromatic heterocycles. The zero-order valence-corrected chi connectivity index (χ0v) is 18.2. The number of methoxy groups -OCH3 is 4. The molecule has 0 unspecified atom stereocenters. The van der Waals surface area contributed by atoms with Gasteiger partial charge in [0.15, 0.2) is 16.9 Å². The first kappa shape index (κ1) is 21.1. The minimum atomic E-state index is -0.132. The van der Waals surface area contributed by atoms with Gasteiger partial charge in [-0.3, -0.25) is 4.79 Å². The molecule has 7 nitrogen and oxygen atoms in total. The number of ether oxygens (including phenoxy) is 4. The number of hydrogen-bond acceptors (Lipinski definition) is 7. The summed E-state index contributed by atoms with van der Waals surface area (Å²) in [4.78, 5) is 13.1. The van der Waals surface area contributed by atoms with Gasteiger partial charge in [0.1, 0.15) is 23.3 Å². The fourth-order valence-corrected chi connectivity index (χ4v) is 3.47. The Morgan fingerprint density at radius 3 is 2.25 bits per heavy atom. The Labute approximate surface area is 185 Å². The first-order valence-electron chi connectivity index (χ1n) is 9.85. The van der Waals surface area contributed by atoms with Gasteiger partial charge < -0.3 is 28.7 Å². The first-order chi connectivity index (χ1) is 15.6. The maximum absolute atomic E-state index is 13.1. The van der Waals surface area contributed by atoms with E-state index in [1.807, 2.05) is 18.2 Å². The van der Waals surface area contributed by atoms with Crippen LogP contribution in [0.2, 0.25) is 0 Å². The van der Waals surface area contributed by atoms with Gasteiger partial charge in [-0.2, -0.15) is 0 Å². The predicted octanol–water partition coefficient (Wildman–Crippen LogP) is 5.24. The Kier molecular flexibility index (Phi) is 5.89. The lowest BCUT2D eigenvalue weighted by molar-refractivity contribution is 0.355. The van der Waals surface area contributed by atoms with Gasteiger partial charge in [-0.1, -0.05) is 6.07 Å². The second-order valence-electron chi connectivity index (χ2n) is 6.95. The smallest absolute Gasteiger partial charge is 0.200 e. The molecule has 0 aliphatic rings. The lowest BCUT2D eigenvalue weighted by Crippen LogP contribution is -2.05. The summed E-state index contributed by atoms with van der Waals surface area (Å²) in [5, 5.41) is 3.76. The number of nitrogens with one attached hydrogen (secondary N) is 1. The Morgan fingerprint density at radius 2 is 1.53 bits per heavy atom. The fraction of sp³-hybridized carbons (Fsp3) is 0.160. The van der Waals surface area contributed by atoms with Gasteiger partial charge in [-0.25, -0.2) is 0 Å². The van der Waals surface area contributed by atoms with E-state index in [2.05, 4.69) is 5.32 Å². The second kappa shape index (κ2) is 8.93. The Balaban J connectivity index is 1.70. The minimum Gasteiger partial charge on any atom is -0.497 e. The number of rotatable bonds is 7. The topological polar surface area (TPSA) is 79.2 Å². The average Bonchev–Trinajstić information content (AvgIpc) is 2.84. The van der Waals surface area contributed by atoms with Crippen LogP contribution in [-0.2, 0) is 0 Å². The van der Waals surface area contributed by atoms with Crippen LogP contribution in [0, 0.1) is 0 Å². The molecule has 0 aliphatic heterocycles. The molecule has 4 rings (SSSR count). The molecular formula is C25H23NO6. The summed E-state index contributed by atoms with van der Waals surface area (Å²) < 4.78 is 27.1. The van der Waals surface area contributed by atoms with E-state index in [9.17, 15) is 4.79 Å².